The molecule has 1 heteroatoms. The Balaban J connectivity index is 0.000000490. The Hall–Kier alpha value is -0.720. The lowest BCUT2D eigenvalue weighted by Gasteiger charge is -1.97. The molecule has 0 atom stereocenters. The van der Waals surface area contributed by atoms with Crippen LogP contribution in [0.25, 0.3) is 0 Å². The Bertz CT molecular complexity index is 112. The van der Waals surface area contributed by atoms with Crippen LogP contribution in [0.3, 0.4) is 0 Å². The molecule has 0 saturated carbocycles. The standard InChI is InChI=1S/C6H9N.CH4/c7-6-4-2-1-3-5-6;/h2,4-5H,1,3,7H2;1H4. The number of nitrogens with two attached hydrogens (primary N) is 1. The van der Waals surface area contributed by atoms with E-state index in [9.17, 15) is 0 Å². The maximum absolute atomic E-state index is 5.41. The Morgan fingerprint density at radius 2 is 2.12 bits per heavy atom. The SMILES string of the molecule is C.NC1=CCCC=C1. The van der Waals surface area contributed by atoms with Gasteiger partial charge in [-0.05, 0) is 18.9 Å². The molecule has 1 nitrogen and oxygen atoms in total. The van der Waals surface area contributed by atoms with Crippen LogP contribution in [0, 0.1) is 0 Å². The van der Waals surface area contributed by atoms with Gasteiger partial charge in [0.2, 0.25) is 0 Å². The van der Waals surface area contributed by atoms with Crippen molar-refractivity contribution in [2.24, 2.45) is 5.73 Å². The third-order valence-electron chi connectivity index (χ3n) is 1.02. The van der Waals surface area contributed by atoms with Gasteiger partial charge in [0.15, 0.2) is 0 Å². The van der Waals surface area contributed by atoms with Crippen LogP contribution in [0.5, 0.6) is 0 Å². The summed E-state index contributed by atoms with van der Waals surface area (Å²) in [6, 6.07) is 0. The molecule has 0 radical (unpaired) electrons. The van der Waals surface area contributed by atoms with Crippen molar-refractivity contribution in [1.29, 1.82) is 0 Å². The molecule has 8 heavy (non-hydrogen) atoms. The summed E-state index contributed by atoms with van der Waals surface area (Å²) in [7, 11) is 0. The summed E-state index contributed by atoms with van der Waals surface area (Å²) in [5.74, 6) is 0. The van der Waals surface area contributed by atoms with Crippen molar-refractivity contribution in [2.45, 2.75) is 20.3 Å². The van der Waals surface area contributed by atoms with Crippen LogP contribution >= 0.6 is 0 Å². The average molecular weight is 111 g/mol. The summed E-state index contributed by atoms with van der Waals surface area (Å²) in [5, 5.41) is 0. The molecule has 0 spiro atoms. The molecule has 0 amide bonds. The molecule has 0 aromatic rings. The molecule has 0 fully saturated rings. The second-order valence-electron chi connectivity index (χ2n) is 1.68. The summed E-state index contributed by atoms with van der Waals surface area (Å²) in [5.41, 5.74) is 6.32. The smallest absolute Gasteiger partial charge is 0.0270 e. The molecule has 1 aliphatic carbocycles. The molecule has 1 aliphatic rings. The Labute approximate surface area is 50.9 Å². The van der Waals surface area contributed by atoms with Crippen molar-refractivity contribution < 1.29 is 0 Å². The Kier molecular flexibility index (Phi) is 3.01. The van der Waals surface area contributed by atoms with E-state index in [0.717, 1.165) is 18.5 Å². The first-order valence-electron chi connectivity index (χ1n) is 2.52. The molecule has 1 rings (SSSR count). The van der Waals surface area contributed by atoms with E-state index in [1.165, 1.54) is 0 Å². The first-order chi connectivity index (χ1) is 3.39. The monoisotopic (exact) mass is 111 g/mol. The summed E-state index contributed by atoms with van der Waals surface area (Å²) in [6.07, 6.45) is 8.35. The van der Waals surface area contributed by atoms with Crippen molar-refractivity contribution >= 4 is 0 Å². The van der Waals surface area contributed by atoms with Gasteiger partial charge in [0.25, 0.3) is 0 Å². The largest absolute Gasteiger partial charge is 0.399 e. The van der Waals surface area contributed by atoms with Gasteiger partial charge in [0.1, 0.15) is 0 Å². The molecule has 46 valence electrons. The first kappa shape index (κ1) is 7.28. The van der Waals surface area contributed by atoms with E-state index in [1.807, 2.05) is 12.2 Å². The molecule has 0 aliphatic heterocycles. The van der Waals surface area contributed by atoms with Gasteiger partial charge in [-0.2, -0.15) is 0 Å². The molecule has 0 heterocycles. The van der Waals surface area contributed by atoms with Crippen LogP contribution in [-0.2, 0) is 0 Å². The van der Waals surface area contributed by atoms with Gasteiger partial charge < -0.3 is 5.73 Å². The fourth-order valence-electron chi connectivity index (χ4n) is 0.634. The summed E-state index contributed by atoms with van der Waals surface area (Å²) >= 11 is 0. The highest BCUT2D eigenvalue weighted by atomic mass is 14.6. The molecule has 0 aromatic carbocycles. The van der Waals surface area contributed by atoms with Crippen molar-refractivity contribution in [2.75, 3.05) is 0 Å². The third-order valence-corrected chi connectivity index (χ3v) is 1.02. The Morgan fingerprint density at radius 3 is 2.38 bits per heavy atom. The van der Waals surface area contributed by atoms with Gasteiger partial charge in [0, 0.05) is 5.70 Å². The Morgan fingerprint density at radius 1 is 1.38 bits per heavy atom. The van der Waals surface area contributed by atoms with Gasteiger partial charge in [-0.25, -0.2) is 0 Å². The van der Waals surface area contributed by atoms with E-state index in [2.05, 4.69) is 6.08 Å². The van der Waals surface area contributed by atoms with Crippen LogP contribution in [0.4, 0.5) is 0 Å². The van der Waals surface area contributed by atoms with Gasteiger partial charge in [-0.3, -0.25) is 0 Å². The van der Waals surface area contributed by atoms with Crippen molar-refractivity contribution in [3.63, 3.8) is 0 Å². The minimum Gasteiger partial charge on any atom is -0.399 e. The zero-order chi connectivity index (χ0) is 5.11. The van der Waals surface area contributed by atoms with E-state index in [0.29, 0.717) is 0 Å². The fraction of sp³-hybridized carbons (Fsp3) is 0.429. The molecular weight excluding hydrogens is 98.1 g/mol. The van der Waals surface area contributed by atoms with Crippen LogP contribution in [0.2, 0.25) is 0 Å². The number of allylic oxidation sites excluding steroid dienone is 3. The number of rotatable bonds is 0. The number of hydrogen-bond donors (Lipinski definition) is 1. The van der Waals surface area contributed by atoms with E-state index in [1.54, 1.807) is 0 Å². The summed E-state index contributed by atoms with van der Waals surface area (Å²) in [6.45, 7) is 0. The quantitative estimate of drug-likeness (QED) is 0.507. The zero-order valence-corrected chi connectivity index (χ0v) is 4.22. The van der Waals surface area contributed by atoms with Gasteiger partial charge in [-0.1, -0.05) is 19.6 Å². The maximum atomic E-state index is 5.41. The summed E-state index contributed by atoms with van der Waals surface area (Å²) in [4.78, 5) is 0. The highest BCUT2D eigenvalue weighted by Crippen LogP contribution is 2.02. The highest BCUT2D eigenvalue weighted by molar-refractivity contribution is 5.17. The second-order valence-corrected chi connectivity index (χ2v) is 1.68. The molecule has 0 aromatic heterocycles. The highest BCUT2D eigenvalue weighted by Gasteiger charge is 1.86. The first-order valence-corrected chi connectivity index (χ1v) is 2.52. The predicted molar refractivity (Wildman–Crippen MR) is 37.4 cm³/mol. The van der Waals surface area contributed by atoms with Gasteiger partial charge in [0.05, 0.1) is 0 Å². The molecular formula is C7H13N. The van der Waals surface area contributed by atoms with Crippen LogP contribution in [-0.4, -0.2) is 0 Å². The lowest BCUT2D eigenvalue weighted by Crippen LogP contribution is -1.94. The molecule has 0 bridgehead atoms. The van der Waals surface area contributed by atoms with Crippen molar-refractivity contribution in [1.82, 2.24) is 0 Å². The minimum absolute atomic E-state index is 0. The maximum Gasteiger partial charge on any atom is 0.0270 e. The van der Waals surface area contributed by atoms with Gasteiger partial charge in [-0.15, -0.1) is 0 Å². The molecule has 0 unspecified atom stereocenters. The fourth-order valence-corrected chi connectivity index (χ4v) is 0.634. The summed E-state index contributed by atoms with van der Waals surface area (Å²) < 4.78 is 0. The van der Waals surface area contributed by atoms with E-state index < -0.39 is 0 Å². The average Bonchev–Trinajstić information content (AvgIpc) is 1.69. The van der Waals surface area contributed by atoms with E-state index in [4.69, 9.17) is 5.73 Å². The van der Waals surface area contributed by atoms with E-state index >= 15 is 0 Å². The normalized spacial score (nSPS) is 16.8. The number of hydrogen-bond acceptors (Lipinski definition) is 1. The predicted octanol–water partition coefficient (Wildman–Crippen LogP) is 1.82. The minimum atomic E-state index is 0. The topological polar surface area (TPSA) is 26.0 Å². The molecule has 0 saturated heterocycles. The lowest BCUT2D eigenvalue weighted by molar-refractivity contribution is 1.01. The van der Waals surface area contributed by atoms with Crippen LogP contribution in [0.15, 0.2) is 23.9 Å². The lowest BCUT2D eigenvalue weighted by atomic mass is 10.2. The van der Waals surface area contributed by atoms with Crippen LogP contribution in [0.1, 0.15) is 20.3 Å². The molecule has 2 N–H and O–H groups in total. The zero-order valence-electron chi connectivity index (χ0n) is 4.22. The second kappa shape index (κ2) is 3.30. The van der Waals surface area contributed by atoms with Crippen LogP contribution < -0.4 is 5.73 Å². The van der Waals surface area contributed by atoms with Crippen molar-refractivity contribution in [3.8, 4) is 0 Å². The van der Waals surface area contributed by atoms with Crippen molar-refractivity contribution in [3.05, 3.63) is 23.9 Å². The van der Waals surface area contributed by atoms with Gasteiger partial charge >= 0.3 is 0 Å². The third kappa shape index (κ3) is 1.82. The van der Waals surface area contributed by atoms with E-state index in [-0.39, 0.29) is 7.43 Å².